The molecular weight excluding hydrogens is 404 g/mol. The summed E-state index contributed by atoms with van der Waals surface area (Å²) in [5, 5.41) is 10.8. The molecule has 1 aromatic carbocycles. The molecule has 1 N–H and O–H groups in total. The van der Waals surface area contributed by atoms with Crippen molar-refractivity contribution in [3.63, 3.8) is 0 Å². The van der Waals surface area contributed by atoms with Gasteiger partial charge in [0.15, 0.2) is 0 Å². The van der Waals surface area contributed by atoms with Crippen molar-refractivity contribution >= 4 is 0 Å². The van der Waals surface area contributed by atoms with Crippen LogP contribution in [0.15, 0.2) is 30.3 Å². The maximum absolute atomic E-state index is 10.8. The lowest BCUT2D eigenvalue weighted by atomic mass is 9.90. The van der Waals surface area contributed by atoms with E-state index in [4.69, 9.17) is 18.9 Å². The molecule has 5 heteroatoms. The van der Waals surface area contributed by atoms with Crippen LogP contribution in [0.1, 0.15) is 82.6 Å². The monoisotopic (exact) mass is 446 g/mol. The zero-order chi connectivity index (χ0) is 22.0. The molecule has 3 fully saturated rings. The first-order chi connectivity index (χ1) is 15.8. The molecule has 0 aliphatic carbocycles. The Labute approximate surface area is 193 Å². The standard InChI is InChI=1S/C27H42O5/c28-22(12-4-6-18-29-20-21-10-2-1-3-11-21)23-14-8-16-26(31-23)27-17-9-15-25(32-27)24-13-5-7-19-30-24/h1-3,10-11,22-28H,4-9,12-20H2/t22-,23-,24-,25-,26+,27+/m1/s1. The summed E-state index contributed by atoms with van der Waals surface area (Å²) in [6.07, 6.45) is 13.0. The minimum Gasteiger partial charge on any atom is -0.390 e. The number of aliphatic hydroxyl groups is 1. The third-order valence-electron chi connectivity index (χ3n) is 7.28. The van der Waals surface area contributed by atoms with Gasteiger partial charge in [-0.25, -0.2) is 0 Å². The maximum Gasteiger partial charge on any atom is 0.0841 e. The van der Waals surface area contributed by atoms with E-state index < -0.39 is 6.10 Å². The van der Waals surface area contributed by atoms with Gasteiger partial charge in [0.25, 0.3) is 0 Å². The summed E-state index contributed by atoms with van der Waals surface area (Å²) < 4.78 is 24.7. The minimum absolute atomic E-state index is 0.0612. The molecule has 6 atom stereocenters. The van der Waals surface area contributed by atoms with Crippen LogP contribution in [0, 0.1) is 0 Å². The minimum atomic E-state index is -0.395. The summed E-state index contributed by atoms with van der Waals surface area (Å²) in [5.41, 5.74) is 1.21. The van der Waals surface area contributed by atoms with E-state index in [-0.39, 0.29) is 30.5 Å². The van der Waals surface area contributed by atoms with Gasteiger partial charge in [-0.05, 0) is 82.6 Å². The van der Waals surface area contributed by atoms with Crippen LogP contribution >= 0.6 is 0 Å². The van der Waals surface area contributed by atoms with Crippen molar-refractivity contribution in [1.82, 2.24) is 0 Å². The second-order valence-electron chi connectivity index (χ2n) is 9.79. The lowest BCUT2D eigenvalue weighted by molar-refractivity contribution is -0.201. The topological polar surface area (TPSA) is 57.2 Å². The number of hydrogen-bond acceptors (Lipinski definition) is 5. The highest BCUT2D eigenvalue weighted by molar-refractivity contribution is 5.13. The Morgan fingerprint density at radius 3 is 2.31 bits per heavy atom. The fourth-order valence-corrected chi connectivity index (χ4v) is 5.43. The zero-order valence-corrected chi connectivity index (χ0v) is 19.5. The van der Waals surface area contributed by atoms with Gasteiger partial charge in [-0.2, -0.15) is 0 Å². The average molecular weight is 447 g/mol. The Bertz CT molecular complexity index is 632. The molecule has 3 aliphatic heterocycles. The fraction of sp³-hybridized carbons (Fsp3) is 0.778. The van der Waals surface area contributed by atoms with Crippen molar-refractivity contribution in [2.45, 2.75) is 120 Å². The molecule has 3 aliphatic rings. The van der Waals surface area contributed by atoms with E-state index in [0.717, 1.165) is 71.0 Å². The van der Waals surface area contributed by atoms with Crippen molar-refractivity contribution in [3.8, 4) is 0 Å². The van der Waals surface area contributed by atoms with Gasteiger partial charge in [0.05, 0.1) is 43.2 Å². The lowest BCUT2D eigenvalue weighted by Crippen LogP contribution is -2.48. The van der Waals surface area contributed by atoms with Gasteiger partial charge in [-0.15, -0.1) is 0 Å². The van der Waals surface area contributed by atoms with Crippen molar-refractivity contribution < 1.29 is 24.1 Å². The van der Waals surface area contributed by atoms with Gasteiger partial charge in [0.1, 0.15) is 0 Å². The molecule has 1 aromatic rings. The molecule has 0 spiro atoms. The highest BCUT2D eigenvalue weighted by Crippen LogP contribution is 2.33. The second-order valence-corrected chi connectivity index (χ2v) is 9.79. The SMILES string of the molecule is O[C@H](CCCCOCc1ccccc1)[C@H]1CCC[C@@H]([C@@H]2CCC[C@H]([C@H]3CCCCO3)O2)O1. The molecule has 0 aromatic heterocycles. The molecule has 0 radical (unpaired) electrons. The predicted octanol–water partition coefficient (Wildman–Crippen LogP) is 5.18. The first-order valence-corrected chi connectivity index (χ1v) is 13.0. The molecule has 32 heavy (non-hydrogen) atoms. The first kappa shape index (κ1) is 24.2. The Morgan fingerprint density at radius 2 is 1.53 bits per heavy atom. The Kier molecular flexibility index (Phi) is 9.85. The highest BCUT2D eigenvalue weighted by Gasteiger charge is 2.38. The van der Waals surface area contributed by atoms with Crippen LogP contribution in [0.3, 0.4) is 0 Å². The average Bonchev–Trinajstić information content (AvgIpc) is 2.87. The van der Waals surface area contributed by atoms with Crippen LogP contribution in [0.2, 0.25) is 0 Å². The summed E-state index contributed by atoms with van der Waals surface area (Å²) >= 11 is 0. The molecular formula is C27H42O5. The van der Waals surface area contributed by atoms with Gasteiger partial charge in [-0.3, -0.25) is 0 Å². The van der Waals surface area contributed by atoms with E-state index in [2.05, 4.69) is 12.1 Å². The van der Waals surface area contributed by atoms with Gasteiger partial charge >= 0.3 is 0 Å². The van der Waals surface area contributed by atoms with E-state index >= 15 is 0 Å². The van der Waals surface area contributed by atoms with Gasteiger partial charge in [0.2, 0.25) is 0 Å². The van der Waals surface area contributed by atoms with Gasteiger partial charge in [-0.1, -0.05) is 30.3 Å². The number of ether oxygens (including phenoxy) is 4. The smallest absolute Gasteiger partial charge is 0.0841 e. The van der Waals surface area contributed by atoms with Crippen molar-refractivity contribution in [2.24, 2.45) is 0 Å². The van der Waals surface area contributed by atoms with Crippen molar-refractivity contribution in [1.29, 1.82) is 0 Å². The Hall–Kier alpha value is -0.980. The molecule has 3 heterocycles. The van der Waals surface area contributed by atoms with Crippen molar-refractivity contribution in [2.75, 3.05) is 13.2 Å². The normalized spacial score (nSPS) is 32.5. The Morgan fingerprint density at radius 1 is 0.812 bits per heavy atom. The van der Waals surface area contributed by atoms with E-state index in [1.54, 1.807) is 0 Å². The largest absolute Gasteiger partial charge is 0.390 e. The van der Waals surface area contributed by atoms with Crippen LogP contribution in [-0.4, -0.2) is 54.9 Å². The number of hydrogen-bond donors (Lipinski definition) is 1. The molecule has 0 saturated carbocycles. The van der Waals surface area contributed by atoms with E-state index in [9.17, 15) is 5.11 Å². The summed E-state index contributed by atoms with van der Waals surface area (Å²) in [4.78, 5) is 0. The van der Waals surface area contributed by atoms with Crippen LogP contribution < -0.4 is 0 Å². The number of aliphatic hydroxyl groups excluding tert-OH is 1. The molecule has 0 unspecified atom stereocenters. The van der Waals surface area contributed by atoms with Crippen molar-refractivity contribution in [3.05, 3.63) is 35.9 Å². The second kappa shape index (κ2) is 13.0. The quantitative estimate of drug-likeness (QED) is 0.502. The van der Waals surface area contributed by atoms with Gasteiger partial charge in [0, 0.05) is 13.2 Å². The van der Waals surface area contributed by atoms with E-state index in [1.807, 2.05) is 18.2 Å². The van der Waals surface area contributed by atoms with E-state index in [1.165, 1.54) is 24.8 Å². The van der Waals surface area contributed by atoms with Crippen LogP contribution in [0.25, 0.3) is 0 Å². The van der Waals surface area contributed by atoms with E-state index in [0.29, 0.717) is 6.61 Å². The lowest BCUT2D eigenvalue weighted by Gasteiger charge is -2.42. The Balaban J connectivity index is 1.14. The summed E-state index contributed by atoms with van der Waals surface area (Å²) in [5.74, 6) is 0. The summed E-state index contributed by atoms with van der Waals surface area (Å²) in [6, 6.07) is 10.3. The molecule has 3 saturated heterocycles. The fourth-order valence-electron chi connectivity index (χ4n) is 5.43. The van der Waals surface area contributed by atoms with Crippen LogP contribution in [-0.2, 0) is 25.6 Å². The predicted molar refractivity (Wildman–Crippen MR) is 125 cm³/mol. The molecule has 180 valence electrons. The molecule has 5 nitrogen and oxygen atoms in total. The summed E-state index contributed by atoms with van der Waals surface area (Å²) in [7, 11) is 0. The number of benzene rings is 1. The third-order valence-corrected chi connectivity index (χ3v) is 7.28. The third kappa shape index (κ3) is 7.26. The molecule has 4 rings (SSSR count). The number of unbranched alkanes of at least 4 members (excludes halogenated alkanes) is 1. The zero-order valence-electron chi connectivity index (χ0n) is 19.5. The highest BCUT2D eigenvalue weighted by atomic mass is 16.6. The van der Waals surface area contributed by atoms with Crippen LogP contribution in [0.5, 0.6) is 0 Å². The number of rotatable bonds is 10. The van der Waals surface area contributed by atoms with Gasteiger partial charge < -0.3 is 24.1 Å². The summed E-state index contributed by atoms with van der Waals surface area (Å²) in [6.45, 7) is 2.27. The maximum atomic E-state index is 10.8. The molecule has 0 bridgehead atoms. The van der Waals surface area contributed by atoms with Crippen LogP contribution in [0.4, 0.5) is 0 Å². The molecule has 0 amide bonds. The first-order valence-electron chi connectivity index (χ1n) is 13.0.